The molecule has 0 saturated heterocycles. The molecule has 0 fully saturated rings. The summed E-state index contributed by atoms with van der Waals surface area (Å²) in [7, 11) is 0. The zero-order valence-corrected chi connectivity index (χ0v) is 16.3. The lowest BCUT2D eigenvalue weighted by molar-refractivity contribution is 0.972. The molecule has 3 aromatic rings. The number of hydrogen-bond donors (Lipinski definition) is 3. The molecule has 2 aromatic carbocycles. The number of nitrogens with one attached hydrogen (secondary N) is 2. The maximum atomic E-state index is 5.96. The van der Waals surface area contributed by atoms with Crippen LogP contribution in [-0.2, 0) is 6.42 Å². The first kappa shape index (κ1) is 18.3. The number of nitrogens with two attached hydrogens (primary N) is 1. The van der Waals surface area contributed by atoms with E-state index in [-0.39, 0.29) is 24.0 Å². The van der Waals surface area contributed by atoms with Crippen LogP contribution in [0.2, 0.25) is 0 Å². The van der Waals surface area contributed by atoms with Crippen LogP contribution in [0.5, 0.6) is 0 Å². The average Bonchev–Trinajstić information content (AvgIpc) is 2.89. The van der Waals surface area contributed by atoms with Gasteiger partial charge in [-0.1, -0.05) is 24.3 Å². The van der Waals surface area contributed by atoms with Crippen molar-refractivity contribution in [1.29, 1.82) is 0 Å². The minimum Gasteiger partial charge on any atom is -0.370 e. The fourth-order valence-electron chi connectivity index (χ4n) is 2.71. The van der Waals surface area contributed by atoms with E-state index < -0.39 is 0 Å². The molecule has 4 N–H and O–H groups in total. The van der Waals surface area contributed by atoms with Gasteiger partial charge in [-0.3, -0.25) is 4.99 Å². The summed E-state index contributed by atoms with van der Waals surface area (Å²) in [5.74, 6) is 0.450. The highest BCUT2D eigenvalue weighted by Crippen LogP contribution is 2.19. The van der Waals surface area contributed by atoms with Crippen molar-refractivity contribution >= 4 is 46.5 Å². The van der Waals surface area contributed by atoms with Crippen LogP contribution >= 0.6 is 24.0 Å². The molecule has 1 heterocycles. The number of guanidine groups is 1. The van der Waals surface area contributed by atoms with Crippen LogP contribution < -0.4 is 11.1 Å². The highest BCUT2D eigenvalue weighted by atomic mass is 127. The minimum atomic E-state index is 0. The van der Waals surface area contributed by atoms with Crippen LogP contribution in [0.4, 0.5) is 5.69 Å². The van der Waals surface area contributed by atoms with Crippen molar-refractivity contribution in [2.45, 2.75) is 20.3 Å². The van der Waals surface area contributed by atoms with Crippen LogP contribution in [0.3, 0.4) is 0 Å². The third kappa shape index (κ3) is 4.50. The molecule has 5 heteroatoms. The number of aromatic amines is 1. The fourth-order valence-corrected chi connectivity index (χ4v) is 2.71. The molecule has 1 aromatic heterocycles. The second-order valence-corrected chi connectivity index (χ2v) is 5.87. The summed E-state index contributed by atoms with van der Waals surface area (Å²) in [4.78, 5) is 7.74. The predicted molar refractivity (Wildman–Crippen MR) is 113 cm³/mol. The molecule has 3 rings (SSSR count). The summed E-state index contributed by atoms with van der Waals surface area (Å²) >= 11 is 0. The monoisotopic (exact) mass is 434 g/mol. The summed E-state index contributed by atoms with van der Waals surface area (Å²) in [6.07, 6.45) is 2.92. The van der Waals surface area contributed by atoms with Gasteiger partial charge in [-0.15, -0.1) is 24.0 Å². The normalized spacial score (nSPS) is 11.3. The van der Waals surface area contributed by atoms with Gasteiger partial charge < -0.3 is 16.0 Å². The molecule has 0 radical (unpaired) electrons. The number of hydrogen-bond acceptors (Lipinski definition) is 1. The predicted octanol–water partition coefficient (Wildman–Crippen LogP) is 4.37. The number of aromatic nitrogens is 1. The van der Waals surface area contributed by atoms with Crippen molar-refractivity contribution < 1.29 is 0 Å². The van der Waals surface area contributed by atoms with Crippen LogP contribution in [0.1, 0.15) is 16.7 Å². The van der Waals surface area contributed by atoms with E-state index in [1.54, 1.807) is 0 Å². The quantitative estimate of drug-likeness (QED) is 0.324. The molecule has 24 heavy (non-hydrogen) atoms. The van der Waals surface area contributed by atoms with Crippen molar-refractivity contribution in [3.05, 3.63) is 65.4 Å². The zero-order valence-electron chi connectivity index (χ0n) is 14.0. The molecule has 0 spiro atoms. The zero-order chi connectivity index (χ0) is 16.2. The summed E-state index contributed by atoms with van der Waals surface area (Å²) in [6, 6.07) is 14.5. The van der Waals surface area contributed by atoms with Gasteiger partial charge in [0.2, 0.25) is 0 Å². The number of halogens is 1. The maximum absolute atomic E-state index is 5.96. The van der Waals surface area contributed by atoms with Crippen molar-refractivity contribution in [2.24, 2.45) is 10.7 Å². The number of fused-ring (bicyclic) bond motifs is 1. The maximum Gasteiger partial charge on any atom is 0.193 e. The number of H-pyrrole nitrogens is 1. The van der Waals surface area contributed by atoms with Crippen molar-refractivity contribution in [1.82, 2.24) is 4.98 Å². The molecule has 0 aliphatic heterocycles. The van der Waals surface area contributed by atoms with E-state index in [1.165, 1.54) is 27.6 Å². The SMILES string of the molecule is Cc1cccc(NC(N)=NCCc2c[nH]c3cc(C)ccc23)c1.I. The summed E-state index contributed by atoms with van der Waals surface area (Å²) in [6.45, 7) is 4.81. The fraction of sp³-hybridized carbons (Fsp3) is 0.211. The third-order valence-corrected chi connectivity index (χ3v) is 3.88. The lowest BCUT2D eigenvalue weighted by atomic mass is 10.1. The molecular formula is C19H23IN4. The number of nitrogens with zero attached hydrogens (tertiary/aromatic N) is 1. The smallest absolute Gasteiger partial charge is 0.193 e. The van der Waals surface area contributed by atoms with Crippen LogP contribution in [0.15, 0.2) is 53.7 Å². The number of aliphatic imine (C=N–C) groups is 1. The Bertz CT molecular complexity index is 851. The first-order valence-electron chi connectivity index (χ1n) is 7.82. The second-order valence-electron chi connectivity index (χ2n) is 5.87. The van der Waals surface area contributed by atoms with E-state index in [0.29, 0.717) is 12.5 Å². The van der Waals surface area contributed by atoms with Crippen molar-refractivity contribution in [3.8, 4) is 0 Å². The lowest BCUT2D eigenvalue weighted by Crippen LogP contribution is -2.23. The van der Waals surface area contributed by atoms with Gasteiger partial charge in [0.05, 0.1) is 0 Å². The van der Waals surface area contributed by atoms with E-state index in [9.17, 15) is 0 Å². The van der Waals surface area contributed by atoms with Crippen LogP contribution in [0, 0.1) is 13.8 Å². The average molecular weight is 434 g/mol. The molecule has 0 bridgehead atoms. The van der Waals surface area contributed by atoms with Crippen molar-refractivity contribution in [3.63, 3.8) is 0 Å². The lowest BCUT2D eigenvalue weighted by Gasteiger charge is -2.06. The summed E-state index contributed by atoms with van der Waals surface area (Å²) in [5.41, 5.74) is 11.8. The Morgan fingerprint density at radius 1 is 1.12 bits per heavy atom. The van der Waals surface area contributed by atoms with Gasteiger partial charge in [-0.05, 0) is 55.2 Å². The second kappa shape index (κ2) is 8.19. The van der Waals surface area contributed by atoms with Crippen LogP contribution in [0.25, 0.3) is 10.9 Å². The molecule has 0 saturated carbocycles. The molecule has 0 unspecified atom stereocenters. The van der Waals surface area contributed by atoms with Gasteiger partial charge in [0, 0.05) is 29.3 Å². The summed E-state index contributed by atoms with van der Waals surface area (Å²) in [5, 5.41) is 4.39. The molecule has 0 aliphatic rings. The highest BCUT2D eigenvalue weighted by molar-refractivity contribution is 14.0. The first-order valence-corrected chi connectivity index (χ1v) is 7.82. The molecular weight excluding hydrogens is 411 g/mol. The topological polar surface area (TPSA) is 66.2 Å². The van der Waals surface area contributed by atoms with Gasteiger partial charge in [-0.2, -0.15) is 0 Å². The number of benzene rings is 2. The van der Waals surface area contributed by atoms with Gasteiger partial charge >= 0.3 is 0 Å². The van der Waals surface area contributed by atoms with E-state index >= 15 is 0 Å². The number of anilines is 1. The van der Waals surface area contributed by atoms with E-state index in [2.05, 4.69) is 59.6 Å². The Hall–Kier alpha value is -2.02. The third-order valence-electron chi connectivity index (χ3n) is 3.88. The minimum absolute atomic E-state index is 0. The number of rotatable bonds is 4. The van der Waals surface area contributed by atoms with E-state index in [0.717, 1.165) is 12.1 Å². The first-order chi connectivity index (χ1) is 11.1. The highest BCUT2D eigenvalue weighted by Gasteiger charge is 2.03. The summed E-state index contributed by atoms with van der Waals surface area (Å²) < 4.78 is 0. The van der Waals surface area contributed by atoms with Gasteiger partial charge in [-0.25, -0.2) is 0 Å². The number of aryl methyl sites for hydroxylation is 2. The Morgan fingerprint density at radius 3 is 2.71 bits per heavy atom. The largest absolute Gasteiger partial charge is 0.370 e. The van der Waals surface area contributed by atoms with Crippen molar-refractivity contribution in [2.75, 3.05) is 11.9 Å². The Kier molecular flexibility index (Phi) is 6.25. The van der Waals surface area contributed by atoms with Gasteiger partial charge in [0.1, 0.15) is 0 Å². The van der Waals surface area contributed by atoms with Crippen LogP contribution in [-0.4, -0.2) is 17.5 Å². The standard InChI is InChI=1S/C19H22N4.HI/c1-13-4-3-5-16(10-13)23-19(20)21-9-8-15-12-22-18-11-14(2)6-7-17(15)18;/h3-7,10-12,22H,8-9H2,1-2H3,(H3,20,21,23);1H. The molecule has 0 aliphatic carbocycles. The Balaban J connectivity index is 0.00000208. The molecule has 4 nitrogen and oxygen atoms in total. The Labute approximate surface area is 159 Å². The van der Waals surface area contributed by atoms with Gasteiger partial charge in [0.15, 0.2) is 5.96 Å². The molecule has 0 atom stereocenters. The Morgan fingerprint density at radius 2 is 1.92 bits per heavy atom. The molecule has 126 valence electrons. The van der Waals surface area contributed by atoms with E-state index in [4.69, 9.17) is 5.73 Å². The van der Waals surface area contributed by atoms with E-state index in [1.807, 2.05) is 18.2 Å². The molecule has 0 amide bonds. The van der Waals surface area contributed by atoms with Gasteiger partial charge in [0.25, 0.3) is 0 Å².